The summed E-state index contributed by atoms with van der Waals surface area (Å²) in [6.45, 7) is 3.91. The summed E-state index contributed by atoms with van der Waals surface area (Å²) >= 11 is 0. The summed E-state index contributed by atoms with van der Waals surface area (Å²) in [7, 11) is -3.38. The van der Waals surface area contributed by atoms with Crippen molar-refractivity contribution in [2.24, 2.45) is 0 Å². The molecule has 0 bridgehead atoms. The van der Waals surface area contributed by atoms with Crippen LogP contribution in [0.3, 0.4) is 0 Å². The van der Waals surface area contributed by atoms with E-state index in [2.05, 4.69) is 4.98 Å². The van der Waals surface area contributed by atoms with Gasteiger partial charge in [-0.1, -0.05) is 36.4 Å². The fourth-order valence-electron chi connectivity index (χ4n) is 3.80. The number of carbonyl (C=O) groups excluding carboxylic acids is 1. The van der Waals surface area contributed by atoms with Gasteiger partial charge in [0.05, 0.1) is 10.3 Å². The van der Waals surface area contributed by atoms with Crippen LogP contribution in [0.1, 0.15) is 34.4 Å². The van der Waals surface area contributed by atoms with Crippen LogP contribution in [-0.4, -0.2) is 25.9 Å². The Labute approximate surface area is 166 Å². The first-order chi connectivity index (χ1) is 13.3. The fourth-order valence-corrected chi connectivity index (χ4v) is 4.47. The monoisotopic (exact) mass is 393 g/mol. The van der Waals surface area contributed by atoms with Crippen molar-refractivity contribution >= 4 is 16.1 Å². The molecular weight excluding hydrogens is 370 g/mol. The van der Waals surface area contributed by atoms with Gasteiger partial charge in [0, 0.05) is 24.6 Å². The number of rotatable bonds is 6. The molecule has 3 rings (SSSR count). The number of aldehydes is 1. The summed E-state index contributed by atoms with van der Waals surface area (Å²) in [4.78, 5) is 16.4. The van der Waals surface area contributed by atoms with E-state index in [1.807, 2.05) is 56.3 Å². The van der Waals surface area contributed by atoms with Crippen molar-refractivity contribution in [1.82, 2.24) is 4.98 Å². The molecule has 0 saturated heterocycles. The highest BCUT2D eigenvalue weighted by Gasteiger charge is 2.37. The molecule has 0 aliphatic carbocycles. The molecule has 5 heteroatoms. The number of sulfone groups is 1. The molecule has 0 saturated carbocycles. The van der Waals surface area contributed by atoms with E-state index < -0.39 is 15.3 Å². The molecule has 1 atom stereocenters. The third kappa shape index (κ3) is 3.62. The molecule has 144 valence electrons. The smallest absolute Gasteiger partial charge is 0.175 e. The fraction of sp³-hybridized carbons (Fsp3) is 0.217. The van der Waals surface area contributed by atoms with Gasteiger partial charge in [0.25, 0.3) is 0 Å². The molecular formula is C23H23NO3S. The standard InChI is InChI=1S/C23H23NO3S/c1-17-7-4-5-10-22(17)23(12-14-25,20-11-13-24-18(2)15-20)19-8-6-9-21(16-19)28(3,26)27/h4-11,13-16H,12H2,1-3H3. The number of carbonyl (C=O) groups is 1. The Morgan fingerprint density at radius 3 is 2.32 bits per heavy atom. The summed E-state index contributed by atoms with van der Waals surface area (Å²) in [5.74, 6) is 0. The predicted octanol–water partition coefficient (Wildman–Crippen LogP) is 4.03. The van der Waals surface area contributed by atoms with Gasteiger partial charge in [-0.25, -0.2) is 8.42 Å². The molecule has 0 amide bonds. The normalized spacial score (nSPS) is 13.7. The third-order valence-corrected chi connectivity index (χ3v) is 6.25. The van der Waals surface area contributed by atoms with Crippen molar-refractivity contribution in [3.63, 3.8) is 0 Å². The van der Waals surface area contributed by atoms with Crippen molar-refractivity contribution in [3.05, 3.63) is 94.8 Å². The zero-order valence-corrected chi connectivity index (χ0v) is 17.0. The van der Waals surface area contributed by atoms with Crippen molar-refractivity contribution in [2.75, 3.05) is 6.26 Å². The van der Waals surface area contributed by atoms with Crippen molar-refractivity contribution < 1.29 is 13.2 Å². The molecule has 4 nitrogen and oxygen atoms in total. The first-order valence-corrected chi connectivity index (χ1v) is 10.9. The van der Waals surface area contributed by atoms with Gasteiger partial charge in [-0.3, -0.25) is 4.98 Å². The van der Waals surface area contributed by atoms with Crippen molar-refractivity contribution in [1.29, 1.82) is 0 Å². The lowest BCUT2D eigenvalue weighted by Gasteiger charge is -2.36. The summed E-state index contributed by atoms with van der Waals surface area (Å²) in [5.41, 5.74) is 3.71. The number of aromatic nitrogens is 1. The number of pyridine rings is 1. The molecule has 0 fully saturated rings. The molecule has 0 aliphatic rings. The average molecular weight is 394 g/mol. The van der Waals surface area contributed by atoms with E-state index in [9.17, 15) is 13.2 Å². The highest BCUT2D eigenvalue weighted by atomic mass is 32.2. The maximum Gasteiger partial charge on any atom is 0.175 e. The van der Waals surface area contributed by atoms with E-state index in [0.29, 0.717) is 0 Å². The number of benzene rings is 2. The maximum atomic E-state index is 12.2. The SMILES string of the molecule is Cc1cc(C(CC=O)(c2cccc(S(C)(=O)=O)c2)c2ccccc2C)ccn1. The molecule has 1 heterocycles. The van der Waals surface area contributed by atoms with Crippen LogP contribution >= 0.6 is 0 Å². The summed E-state index contributed by atoms with van der Waals surface area (Å²) in [5, 5.41) is 0. The highest BCUT2D eigenvalue weighted by molar-refractivity contribution is 7.90. The highest BCUT2D eigenvalue weighted by Crippen LogP contribution is 2.43. The van der Waals surface area contributed by atoms with E-state index in [0.717, 1.165) is 34.2 Å². The van der Waals surface area contributed by atoms with Gasteiger partial charge in [-0.05, 0) is 60.4 Å². The van der Waals surface area contributed by atoms with E-state index in [1.54, 1.807) is 24.4 Å². The second kappa shape index (κ2) is 7.68. The van der Waals surface area contributed by atoms with Gasteiger partial charge in [0.15, 0.2) is 9.84 Å². The topological polar surface area (TPSA) is 64.1 Å². The minimum atomic E-state index is -3.38. The maximum absolute atomic E-state index is 12.2. The Hall–Kier alpha value is -2.79. The van der Waals surface area contributed by atoms with Gasteiger partial charge in [0.2, 0.25) is 0 Å². The second-order valence-corrected chi connectivity index (χ2v) is 9.09. The quantitative estimate of drug-likeness (QED) is 0.593. The summed E-state index contributed by atoms with van der Waals surface area (Å²) in [6.07, 6.45) is 4.00. The van der Waals surface area contributed by atoms with E-state index in [1.165, 1.54) is 6.26 Å². The number of nitrogens with zero attached hydrogens (tertiary/aromatic N) is 1. The molecule has 1 aromatic heterocycles. The zero-order valence-electron chi connectivity index (χ0n) is 16.2. The molecule has 0 aliphatic heterocycles. The largest absolute Gasteiger partial charge is 0.303 e. The lowest BCUT2D eigenvalue weighted by molar-refractivity contribution is -0.108. The van der Waals surface area contributed by atoms with Gasteiger partial charge in [-0.2, -0.15) is 0 Å². The van der Waals surface area contributed by atoms with Gasteiger partial charge in [0.1, 0.15) is 6.29 Å². The van der Waals surface area contributed by atoms with Crippen LogP contribution in [-0.2, 0) is 20.0 Å². The minimum absolute atomic E-state index is 0.189. The van der Waals surface area contributed by atoms with E-state index >= 15 is 0 Å². The lowest BCUT2D eigenvalue weighted by atomic mass is 9.66. The molecule has 0 N–H and O–H groups in total. The molecule has 2 aromatic carbocycles. The van der Waals surface area contributed by atoms with E-state index in [4.69, 9.17) is 0 Å². The van der Waals surface area contributed by atoms with Crippen LogP contribution in [0.2, 0.25) is 0 Å². The Bertz CT molecular complexity index is 1120. The average Bonchev–Trinajstić information content (AvgIpc) is 2.66. The number of hydrogen-bond acceptors (Lipinski definition) is 4. The third-order valence-electron chi connectivity index (χ3n) is 5.14. The molecule has 1 unspecified atom stereocenters. The van der Waals surface area contributed by atoms with Crippen LogP contribution in [0.15, 0.2) is 71.8 Å². The Kier molecular flexibility index (Phi) is 5.47. The molecule has 0 spiro atoms. The van der Waals surface area contributed by atoms with Crippen LogP contribution in [0.4, 0.5) is 0 Å². The molecule has 0 radical (unpaired) electrons. The summed E-state index contributed by atoms with van der Waals surface area (Å²) < 4.78 is 24.4. The second-order valence-electron chi connectivity index (χ2n) is 7.08. The van der Waals surface area contributed by atoms with Crippen molar-refractivity contribution in [3.8, 4) is 0 Å². The molecule has 3 aromatic rings. The zero-order chi connectivity index (χ0) is 20.4. The predicted molar refractivity (Wildman–Crippen MR) is 110 cm³/mol. The van der Waals surface area contributed by atoms with Crippen LogP contribution in [0.25, 0.3) is 0 Å². The van der Waals surface area contributed by atoms with Crippen LogP contribution < -0.4 is 0 Å². The van der Waals surface area contributed by atoms with Crippen molar-refractivity contribution in [2.45, 2.75) is 30.6 Å². The van der Waals surface area contributed by atoms with Gasteiger partial charge >= 0.3 is 0 Å². The number of hydrogen-bond donors (Lipinski definition) is 0. The Morgan fingerprint density at radius 2 is 1.68 bits per heavy atom. The summed E-state index contributed by atoms with van der Waals surface area (Å²) in [6, 6.07) is 18.6. The first-order valence-electron chi connectivity index (χ1n) is 9.02. The molecule has 28 heavy (non-hydrogen) atoms. The number of aryl methyl sites for hydroxylation is 2. The Morgan fingerprint density at radius 1 is 0.964 bits per heavy atom. The van der Waals surface area contributed by atoms with Crippen LogP contribution in [0, 0.1) is 13.8 Å². The van der Waals surface area contributed by atoms with E-state index in [-0.39, 0.29) is 11.3 Å². The van der Waals surface area contributed by atoms with Gasteiger partial charge in [-0.15, -0.1) is 0 Å². The lowest BCUT2D eigenvalue weighted by Crippen LogP contribution is -2.31. The minimum Gasteiger partial charge on any atom is -0.303 e. The first kappa shape index (κ1) is 20.0. The Balaban J connectivity index is 2.44. The van der Waals surface area contributed by atoms with Gasteiger partial charge < -0.3 is 4.79 Å². The van der Waals surface area contributed by atoms with Crippen LogP contribution in [0.5, 0.6) is 0 Å².